The summed E-state index contributed by atoms with van der Waals surface area (Å²) in [4.78, 5) is 37.2. The van der Waals surface area contributed by atoms with Crippen molar-refractivity contribution in [2.75, 3.05) is 19.5 Å². The first-order valence-corrected chi connectivity index (χ1v) is 8.84. The fourth-order valence-electron chi connectivity index (χ4n) is 2.80. The topological polar surface area (TPSA) is 91.6 Å². The van der Waals surface area contributed by atoms with Crippen molar-refractivity contribution >= 4 is 11.6 Å². The molecule has 150 valence electrons. The summed E-state index contributed by atoms with van der Waals surface area (Å²) in [5, 5.41) is 2.70. The first-order chi connectivity index (χ1) is 13.9. The summed E-state index contributed by atoms with van der Waals surface area (Å²) >= 11 is 0. The van der Waals surface area contributed by atoms with Crippen molar-refractivity contribution in [1.29, 1.82) is 0 Å². The molecule has 3 rings (SSSR count). The Hall–Kier alpha value is -3.81. The number of rotatable bonds is 6. The molecule has 8 nitrogen and oxygen atoms in total. The Morgan fingerprint density at radius 3 is 2.28 bits per heavy atom. The van der Waals surface area contributed by atoms with Crippen LogP contribution in [0.1, 0.15) is 5.56 Å². The number of benzene rings is 2. The number of amides is 1. The van der Waals surface area contributed by atoms with E-state index in [0.717, 1.165) is 10.1 Å². The van der Waals surface area contributed by atoms with Gasteiger partial charge in [0, 0.05) is 24.1 Å². The van der Waals surface area contributed by atoms with E-state index in [1.54, 1.807) is 30.3 Å². The third-order valence-electron chi connectivity index (χ3n) is 4.35. The van der Waals surface area contributed by atoms with Crippen LogP contribution in [-0.4, -0.2) is 29.3 Å². The molecule has 0 radical (unpaired) electrons. The number of aromatic nitrogens is 2. The van der Waals surface area contributed by atoms with Crippen molar-refractivity contribution in [3.8, 4) is 17.2 Å². The zero-order valence-electron chi connectivity index (χ0n) is 16.3. The van der Waals surface area contributed by atoms with Gasteiger partial charge in [-0.05, 0) is 31.2 Å². The van der Waals surface area contributed by atoms with Crippen molar-refractivity contribution in [3.05, 3.63) is 81.1 Å². The Bertz CT molecular complexity index is 1150. The van der Waals surface area contributed by atoms with Crippen LogP contribution in [0.5, 0.6) is 11.5 Å². The molecule has 0 fully saturated rings. The van der Waals surface area contributed by atoms with Crippen molar-refractivity contribution in [1.82, 2.24) is 9.13 Å². The highest BCUT2D eigenvalue weighted by Gasteiger charge is 2.12. The molecule has 1 heterocycles. The maximum atomic E-state index is 12.5. The molecule has 0 saturated carbocycles. The van der Waals surface area contributed by atoms with E-state index < -0.39 is 17.0 Å². The second-order valence-electron chi connectivity index (χ2n) is 6.36. The van der Waals surface area contributed by atoms with Gasteiger partial charge in [0.1, 0.15) is 6.54 Å². The molecule has 0 saturated heterocycles. The predicted molar refractivity (Wildman–Crippen MR) is 109 cm³/mol. The number of carbonyl (C=O) groups excluding carboxylic acids is 1. The van der Waals surface area contributed by atoms with Gasteiger partial charge in [-0.2, -0.15) is 0 Å². The lowest BCUT2D eigenvalue weighted by Gasteiger charge is -2.12. The van der Waals surface area contributed by atoms with E-state index >= 15 is 0 Å². The van der Waals surface area contributed by atoms with Crippen LogP contribution < -0.4 is 25.9 Å². The lowest BCUT2D eigenvalue weighted by atomic mass is 10.2. The highest BCUT2D eigenvalue weighted by atomic mass is 16.5. The average molecular weight is 395 g/mol. The number of hydrogen-bond acceptors (Lipinski definition) is 5. The molecule has 29 heavy (non-hydrogen) atoms. The number of aryl methyl sites for hydroxylation is 1. The monoisotopic (exact) mass is 395 g/mol. The van der Waals surface area contributed by atoms with Gasteiger partial charge in [-0.3, -0.25) is 23.5 Å². The number of anilines is 1. The molecule has 0 aliphatic carbocycles. The maximum Gasteiger partial charge on any atom is 0.320 e. The van der Waals surface area contributed by atoms with Crippen molar-refractivity contribution in [3.63, 3.8) is 0 Å². The van der Waals surface area contributed by atoms with Crippen LogP contribution in [0.2, 0.25) is 0 Å². The highest BCUT2D eigenvalue weighted by Crippen LogP contribution is 2.28. The number of nitrogens with one attached hydrogen (secondary N) is 1. The molecule has 0 bridgehead atoms. The molecule has 8 heteroatoms. The number of methoxy groups -OCH3 is 2. The highest BCUT2D eigenvalue weighted by molar-refractivity contribution is 5.90. The maximum absolute atomic E-state index is 12.5. The molecule has 1 aromatic heterocycles. The summed E-state index contributed by atoms with van der Waals surface area (Å²) in [6.45, 7) is 1.67. The smallest absolute Gasteiger partial charge is 0.320 e. The van der Waals surface area contributed by atoms with Crippen LogP contribution in [0.3, 0.4) is 0 Å². The van der Waals surface area contributed by atoms with Crippen molar-refractivity contribution in [2.45, 2.75) is 13.5 Å². The zero-order valence-corrected chi connectivity index (χ0v) is 16.3. The molecular weight excluding hydrogens is 374 g/mol. The van der Waals surface area contributed by atoms with E-state index in [9.17, 15) is 14.4 Å². The van der Waals surface area contributed by atoms with Gasteiger partial charge >= 0.3 is 11.1 Å². The minimum Gasteiger partial charge on any atom is -0.493 e. The second-order valence-corrected chi connectivity index (χ2v) is 6.36. The van der Waals surface area contributed by atoms with E-state index in [4.69, 9.17) is 9.47 Å². The molecule has 0 unspecified atom stereocenters. The van der Waals surface area contributed by atoms with Crippen molar-refractivity contribution < 1.29 is 14.3 Å². The third kappa shape index (κ3) is 4.37. The molecule has 0 atom stereocenters. The summed E-state index contributed by atoms with van der Waals surface area (Å²) in [7, 11) is 2.99. The molecule has 3 aromatic rings. The van der Waals surface area contributed by atoms with Crippen LogP contribution in [0.4, 0.5) is 5.69 Å². The Morgan fingerprint density at radius 2 is 1.62 bits per heavy atom. The Labute approximate surface area is 166 Å². The second kappa shape index (κ2) is 8.47. The minimum absolute atomic E-state index is 0.269. The fraction of sp³-hybridized carbons (Fsp3) is 0.190. The van der Waals surface area contributed by atoms with E-state index in [2.05, 4.69) is 5.32 Å². The quantitative estimate of drug-likeness (QED) is 0.645. The molecule has 0 aliphatic heterocycles. The Kier molecular flexibility index (Phi) is 5.82. The molecular formula is C21H21N3O5. The summed E-state index contributed by atoms with van der Waals surface area (Å²) < 4.78 is 12.7. The van der Waals surface area contributed by atoms with E-state index in [0.29, 0.717) is 22.9 Å². The normalized spacial score (nSPS) is 10.4. The van der Waals surface area contributed by atoms with Gasteiger partial charge in [-0.1, -0.05) is 17.7 Å². The van der Waals surface area contributed by atoms with Gasteiger partial charge in [0.25, 0.3) is 0 Å². The van der Waals surface area contributed by atoms with E-state index in [1.807, 2.05) is 19.1 Å². The van der Waals surface area contributed by atoms with Crippen LogP contribution in [-0.2, 0) is 11.3 Å². The lowest BCUT2D eigenvalue weighted by Crippen LogP contribution is -2.41. The standard InChI is InChI=1S/C21H21N3O5/c1-14-4-6-15(7-5-14)22-19(25)13-23-10-11-24(21(27)20(23)26)16-8-9-17(28-2)18(12-16)29-3/h4-12H,13H2,1-3H3,(H,22,25). The molecule has 2 aromatic carbocycles. The summed E-state index contributed by atoms with van der Waals surface area (Å²) in [6, 6.07) is 12.1. The van der Waals surface area contributed by atoms with Crippen LogP contribution in [0.25, 0.3) is 5.69 Å². The van der Waals surface area contributed by atoms with Gasteiger partial charge < -0.3 is 14.8 Å². The zero-order chi connectivity index (χ0) is 21.0. The summed E-state index contributed by atoms with van der Waals surface area (Å²) in [5.41, 5.74) is 0.551. The molecule has 0 aliphatic rings. The van der Waals surface area contributed by atoms with Gasteiger partial charge in [0.05, 0.1) is 19.9 Å². The lowest BCUT2D eigenvalue weighted by molar-refractivity contribution is -0.116. The van der Waals surface area contributed by atoms with Crippen molar-refractivity contribution in [2.24, 2.45) is 0 Å². The molecule has 1 amide bonds. The van der Waals surface area contributed by atoms with E-state index in [1.165, 1.54) is 31.2 Å². The number of nitrogens with zero attached hydrogens (tertiary/aromatic N) is 2. The first kappa shape index (κ1) is 19.9. The fourth-order valence-corrected chi connectivity index (χ4v) is 2.80. The van der Waals surface area contributed by atoms with Crippen LogP contribution in [0.15, 0.2) is 64.4 Å². The predicted octanol–water partition coefficient (Wildman–Crippen LogP) is 1.96. The summed E-state index contributed by atoms with van der Waals surface area (Å²) in [5.74, 6) is 0.531. The molecule has 0 spiro atoms. The summed E-state index contributed by atoms with van der Waals surface area (Å²) in [6.07, 6.45) is 2.83. The van der Waals surface area contributed by atoms with Gasteiger partial charge in [-0.15, -0.1) is 0 Å². The number of carbonyl (C=O) groups is 1. The third-order valence-corrected chi connectivity index (χ3v) is 4.35. The van der Waals surface area contributed by atoms with Crippen LogP contribution in [0, 0.1) is 6.92 Å². The van der Waals surface area contributed by atoms with E-state index in [-0.39, 0.29) is 6.54 Å². The van der Waals surface area contributed by atoms with Gasteiger partial charge in [0.2, 0.25) is 5.91 Å². The first-order valence-electron chi connectivity index (χ1n) is 8.84. The largest absolute Gasteiger partial charge is 0.493 e. The SMILES string of the molecule is COc1ccc(-n2ccn(CC(=O)Nc3ccc(C)cc3)c(=O)c2=O)cc1OC. The number of hydrogen-bond donors (Lipinski definition) is 1. The van der Waals surface area contributed by atoms with Gasteiger partial charge in [0.15, 0.2) is 11.5 Å². The molecule has 1 N–H and O–H groups in total. The Morgan fingerprint density at radius 1 is 0.931 bits per heavy atom. The minimum atomic E-state index is -0.804. The van der Waals surface area contributed by atoms with Crippen LogP contribution >= 0.6 is 0 Å². The Balaban J connectivity index is 1.84. The number of ether oxygens (including phenoxy) is 2. The van der Waals surface area contributed by atoms with Gasteiger partial charge in [-0.25, -0.2) is 0 Å². The average Bonchev–Trinajstić information content (AvgIpc) is 2.72.